The molecule has 0 aliphatic heterocycles. The van der Waals surface area contributed by atoms with E-state index in [9.17, 15) is 4.79 Å². The normalized spacial score (nSPS) is 10.2. The molecule has 1 amide bonds. The van der Waals surface area contributed by atoms with E-state index in [1.165, 1.54) is 6.08 Å². The molecule has 0 radical (unpaired) electrons. The Morgan fingerprint density at radius 3 is 2.64 bits per heavy atom. The van der Waals surface area contributed by atoms with Crippen LogP contribution in [0.2, 0.25) is 0 Å². The number of carbonyl (C=O) groups excluding carboxylic acids is 1. The predicted octanol–water partition coefficient (Wildman–Crippen LogP) is 3.55. The Labute approximate surface area is 129 Å². The van der Waals surface area contributed by atoms with Crippen LogP contribution < -0.4 is 10.1 Å². The lowest BCUT2D eigenvalue weighted by atomic mass is 10.2. The Hall–Kier alpha value is -3.06. The number of nitrogens with one attached hydrogen (secondary N) is 1. The van der Waals surface area contributed by atoms with Crippen LogP contribution in [-0.4, -0.2) is 12.5 Å². The van der Waals surface area contributed by atoms with E-state index in [4.69, 9.17) is 10.00 Å². The highest BCUT2D eigenvalue weighted by atomic mass is 16.5. The van der Waals surface area contributed by atoms with Crippen molar-refractivity contribution in [2.24, 2.45) is 0 Å². The first-order valence-electron chi connectivity index (χ1n) is 6.83. The van der Waals surface area contributed by atoms with Crippen LogP contribution in [0, 0.1) is 18.3 Å². The molecule has 4 nitrogen and oxygen atoms in total. The minimum absolute atomic E-state index is 0.0218. The summed E-state index contributed by atoms with van der Waals surface area (Å²) in [5.41, 5.74) is 2.70. The van der Waals surface area contributed by atoms with Crippen LogP contribution in [0.15, 0.2) is 54.6 Å². The number of ether oxygens (including phenoxy) is 1. The van der Waals surface area contributed by atoms with Crippen molar-refractivity contribution in [1.29, 1.82) is 5.26 Å². The van der Waals surface area contributed by atoms with Crippen LogP contribution in [0.3, 0.4) is 0 Å². The number of para-hydroxylation sites is 1. The highest BCUT2D eigenvalue weighted by Gasteiger charge is 2.00. The lowest BCUT2D eigenvalue weighted by molar-refractivity contribution is -0.111. The minimum Gasteiger partial charge on any atom is -0.479 e. The van der Waals surface area contributed by atoms with Crippen molar-refractivity contribution in [3.63, 3.8) is 0 Å². The Morgan fingerprint density at radius 2 is 1.95 bits per heavy atom. The van der Waals surface area contributed by atoms with E-state index in [0.29, 0.717) is 5.75 Å². The maximum Gasteiger partial charge on any atom is 0.248 e. The third kappa shape index (κ3) is 4.50. The first-order valence-corrected chi connectivity index (χ1v) is 6.83. The van der Waals surface area contributed by atoms with Gasteiger partial charge in [-0.1, -0.05) is 30.3 Å². The van der Waals surface area contributed by atoms with E-state index in [2.05, 4.69) is 5.32 Å². The molecule has 110 valence electrons. The smallest absolute Gasteiger partial charge is 0.248 e. The molecule has 2 rings (SSSR count). The Kier molecular flexibility index (Phi) is 5.33. The van der Waals surface area contributed by atoms with Gasteiger partial charge in [-0.2, -0.15) is 5.26 Å². The number of nitrogens with zero attached hydrogens (tertiary/aromatic N) is 1. The van der Waals surface area contributed by atoms with Crippen LogP contribution in [0.4, 0.5) is 5.69 Å². The molecule has 0 bridgehead atoms. The molecule has 0 saturated carbocycles. The highest BCUT2D eigenvalue weighted by molar-refractivity contribution is 6.02. The topological polar surface area (TPSA) is 62.1 Å². The summed E-state index contributed by atoms with van der Waals surface area (Å²) < 4.78 is 5.16. The number of nitriles is 1. The summed E-state index contributed by atoms with van der Waals surface area (Å²) in [4.78, 5) is 11.9. The third-order valence-electron chi connectivity index (χ3n) is 3.01. The fourth-order valence-corrected chi connectivity index (χ4v) is 1.85. The third-order valence-corrected chi connectivity index (χ3v) is 3.01. The number of amides is 1. The first-order chi connectivity index (χ1) is 10.7. The van der Waals surface area contributed by atoms with Crippen molar-refractivity contribution in [3.8, 4) is 11.8 Å². The summed E-state index contributed by atoms with van der Waals surface area (Å²) in [6.45, 7) is 1.97. The van der Waals surface area contributed by atoms with Crippen molar-refractivity contribution < 1.29 is 9.53 Å². The number of carbonyl (C=O) groups is 1. The van der Waals surface area contributed by atoms with Gasteiger partial charge in [0.15, 0.2) is 6.61 Å². The standard InChI is InChI=1S/C18H16N2O2/c1-14-4-2-3-5-17(14)20-18(21)11-8-15-6-9-16(10-7-15)22-13-12-19/h2-11H,13H2,1H3,(H,20,21)/b11-8+. The van der Waals surface area contributed by atoms with Crippen LogP contribution in [-0.2, 0) is 4.79 Å². The molecule has 0 aliphatic rings. The second-order valence-electron chi connectivity index (χ2n) is 4.65. The molecule has 0 saturated heterocycles. The molecule has 22 heavy (non-hydrogen) atoms. The van der Waals surface area contributed by atoms with Crippen molar-refractivity contribution in [1.82, 2.24) is 0 Å². The summed E-state index contributed by atoms with van der Waals surface area (Å²) in [7, 11) is 0. The maximum absolute atomic E-state index is 11.9. The fourth-order valence-electron chi connectivity index (χ4n) is 1.85. The van der Waals surface area contributed by atoms with Gasteiger partial charge in [-0.15, -0.1) is 0 Å². The second-order valence-corrected chi connectivity index (χ2v) is 4.65. The van der Waals surface area contributed by atoms with Gasteiger partial charge >= 0.3 is 0 Å². The molecule has 0 unspecified atom stereocenters. The van der Waals surface area contributed by atoms with E-state index < -0.39 is 0 Å². The summed E-state index contributed by atoms with van der Waals surface area (Å²) in [6.07, 6.45) is 3.21. The molecule has 0 atom stereocenters. The average molecular weight is 292 g/mol. The van der Waals surface area contributed by atoms with Crippen LogP contribution in [0.25, 0.3) is 6.08 Å². The first kappa shape index (κ1) is 15.3. The Bertz CT molecular complexity index is 713. The van der Waals surface area contributed by atoms with Crippen LogP contribution in [0.1, 0.15) is 11.1 Å². The zero-order valence-electron chi connectivity index (χ0n) is 12.2. The number of anilines is 1. The van der Waals surface area contributed by atoms with E-state index >= 15 is 0 Å². The molecule has 0 aliphatic carbocycles. The Morgan fingerprint density at radius 1 is 1.23 bits per heavy atom. The molecule has 0 fully saturated rings. The average Bonchev–Trinajstić information content (AvgIpc) is 2.54. The molecule has 0 aromatic heterocycles. The van der Waals surface area contributed by atoms with Crippen molar-refractivity contribution >= 4 is 17.7 Å². The van der Waals surface area contributed by atoms with Crippen LogP contribution in [0.5, 0.6) is 5.75 Å². The summed E-state index contributed by atoms with van der Waals surface area (Å²) >= 11 is 0. The maximum atomic E-state index is 11.9. The fraction of sp³-hybridized carbons (Fsp3) is 0.111. The molecular weight excluding hydrogens is 276 g/mol. The van der Waals surface area contributed by atoms with Gasteiger partial charge in [0.1, 0.15) is 11.8 Å². The van der Waals surface area contributed by atoms with Gasteiger partial charge in [-0.3, -0.25) is 4.79 Å². The molecular formula is C18H16N2O2. The zero-order valence-corrected chi connectivity index (χ0v) is 12.2. The largest absolute Gasteiger partial charge is 0.479 e. The molecule has 1 N–H and O–H groups in total. The van der Waals surface area contributed by atoms with Crippen LogP contribution >= 0.6 is 0 Å². The van der Waals surface area contributed by atoms with Gasteiger partial charge in [0.05, 0.1) is 0 Å². The summed E-state index contributed by atoms with van der Waals surface area (Å²) in [5.74, 6) is 0.446. The van der Waals surface area contributed by atoms with E-state index in [0.717, 1.165) is 16.8 Å². The predicted molar refractivity (Wildman–Crippen MR) is 86.4 cm³/mol. The van der Waals surface area contributed by atoms with Crippen molar-refractivity contribution in [3.05, 3.63) is 65.7 Å². The van der Waals surface area contributed by atoms with Gasteiger partial charge < -0.3 is 10.1 Å². The number of hydrogen-bond acceptors (Lipinski definition) is 3. The number of benzene rings is 2. The van der Waals surface area contributed by atoms with Crippen molar-refractivity contribution in [2.45, 2.75) is 6.92 Å². The number of hydrogen-bond donors (Lipinski definition) is 1. The highest BCUT2D eigenvalue weighted by Crippen LogP contribution is 2.14. The molecule has 2 aromatic rings. The lowest BCUT2D eigenvalue weighted by Gasteiger charge is -2.05. The van der Waals surface area contributed by atoms with Gasteiger partial charge in [0, 0.05) is 11.8 Å². The summed E-state index contributed by atoms with van der Waals surface area (Å²) in [5, 5.41) is 11.3. The zero-order chi connectivity index (χ0) is 15.8. The molecule has 4 heteroatoms. The molecule has 2 aromatic carbocycles. The Balaban J connectivity index is 1.95. The monoisotopic (exact) mass is 292 g/mol. The van der Waals surface area contributed by atoms with E-state index in [1.54, 1.807) is 18.2 Å². The van der Waals surface area contributed by atoms with Crippen molar-refractivity contribution in [2.75, 3.05) is 11.9 Å². The molecule has 0 heterocycles. The van der Waals surface area contributed by atoms with Gasteiger partial charge in [-0.25, -0.2) is 0 Å². The lowest BCUT2D eigenvalue weighted by Crippen LogP contribution is -2.08. The molecule has 0 spiro atoms. The van der Waals surface area contributed by atoms with Gasteiger partial charge in [0.25, 0.3) is 0 Å². The SMILES string of the molecule is Cc1ccccc1NC(=O)/C=C/c1ccc(OCC#N)cc1. The summed E-state index contributed by atoms with van der Waals surface area (Å²) in [6, 6.07) is 16.7. The number of rotatable bonds is 5. The van der Waals surface area contributed by atoms with E-state index in [1.807, 2.05) is 49.4 Å². The van der Waals surface area contributed by atoms with Gasteiger partial charge in [-0.05, 0) is 42.3 Å². The van der Waals surface area contributed by atoms with E-state index in [-0.39, 0.29) is 12.5 Å². The minimum atomic E-state index is -0.181. The second kappa shape index (κ2) is 7.65. The van der Waals surface area contributed by atoms with Gasteiger partial charge in [0.2, 0.25) is 5.91 Å². The quantitative estimate of drug-likeness (QED) is 0.857. The number of aryl methyl sites for hydroxylation is 1.